The molecule has 0 bridgehead atoms. The second-order valence-corrected chi connectivity index (χ2v) is 8.15. The molecule has 3 aromatic rings. The number of fused-ring (bicyclic) bond motifs is 1. The van der Waals surface area contributed by atoms with Gasteiger partial charge in [-0.2, -0.15) is 0 Å². The Hall–Kier alpha value is -3.42. The molecule has 8 heteroatoms. The van der Waals surface area contributed by atoms with E-state index in [-0.39, 0.29) is 6.61 Å². The van der Waals surface area contributed by atoms with E-state index in [0.717, 1.165) is 24.8 Å². The van der Waals surface area contributed by atoms with Crippen LogP contribution in [0, 0.1) is 5.92 Å². The predicted molar refractivity (Wildman–Crippen MR) is 124 cm³/mol. The molecule has 0 spiro atoms. The van der Waals surface area contributed by atoms with Crippen molar-refractivity contribution in [3.8, 4) is 0 Å². The zero-order chi connectivity index (χ0) is 23.1. The number of aryl methyl sites for hydroxylation is 2. The zero-order valence-electron chi connectivity index (χ0n) is 18.8. The normalized spacial score (nSPS) is 11.6. The van der Waals surface area contributed by atoms with Gasteiger partial charge in [-0.1, -0.05) is 57.5 Å². The lowest BCUT2D eigenvalue weighted by Gasteiger charge is -2.11. The number of aromatic nitrogens is 4. The third-order valence-corrected chi connectivity index (χ3v) is 5.18. The molecule has 1 aromatic carbocycles. The van der Waals surface area contributed by atoms with Crippen LogP contribution in [0.4, 0.5) is 0 Å². The third kappa shape index (κ3) is 5.63. The van der Waals surface area contributed by atoms with E-state index in [4.69, 9.17) is 4.74 Å². The maximum atomic E-state index is 12.7. The van der Waals surface area contributed by atoms with Crippen LogP contribution in [-0.4, -0.2) is 25.1 Å². The summed E-state index contributed by atoms with van der Waals surface area (Å²) in [6.07, 6.45) is 5.54. The van der Waals surface area contributed by atoms with Gasteiger partial charge in [0, 0.05) is 19.2 Å². The maximum Gasteiger partial charge on any atom is 0.331 e. The smallest absolute Gasteiger partial charge is 0.331 e. The summed E-state index contributed by atoms with van der Waals surface area (Å²) < 4.78 is 8.67. The SMILES string of the molecule is CCCCn1c(=O)[nH]c(=O)c2c1nc(COC(=O)C=Cc1ccccc1)n2CCC(C)C. The number of nitrogens with zero attached hydrogens (tertiary/aromatic N) is 3. The minimum Gasteiger partial charge on any atom is -0.454 e. The van der Waals surface area contributed by atoms with Gasteiger partial charge in [-0.15, -0.1) is 0 Å². The van der Waals surface area contributed by atoms with Gasteiger partial charge in [-0.05, 0) is 30.4 Å². The molecule has 0 saturated heterocycles. The summed E-state index contributed by atoms with van der Waals surface area (Å²) in [6.45, 7) is 7.12. The lowest BCUT2D eigenvalue weighted by Crippen LogP contribution is -2.31. The molecule has 32 heavy (non-hydrogen) atoms. The Balaban J connectivity index is 1.91. The number of imidazole rings is 1. The van der Waals surface area contributed by atoms with E-state index in [2.05, 4.69) is 23.8 Å². The highest BCUT2D eigenvalue weighted by Gasteiger charge is 2.19. The Morgan fingerprint density at radius 1 is 1.16 bits per heavy atom. The molecule has 1 N–H and O–H groups in total. The molecule has 0 radical (unpaired) electrons. The number of nitrogens with one attached hydrogen (secondary N) is 1. The predicted octanol–water partition coefficient (Wildman–Crippen LogP) is 3.49. The molecule has 2 heterocycles. The number of ether oxygens (including phenoxy) is 1. The summed E-state index contributed by atoms with van der Waals surface area (Å²) >= 11 is 0. The zero-order valence-corrected chi connectivity index (χ0v) is 18.8. The van der Waals surface area contributed by atoms with Crippen LogP contribution in [0.1, 0.15) is 51.4 Å². The number of benzene rings is 1. The lowest BCUT2D eigenvalue weighted by molar-refractivity contribution is -0.139. The molecule has 0 aliphatic heterocycles. The summed E-state index contributed by atoms with van der Waals surface area (Å²) in [5, 5.41) is 0. The van der Waals surface area contributed by atoms with Crippen LogP contribution in [-0.2, 0) is 29.2 Å². The number of carbonyl (C=O) groups excluding carboxylic acids is 1. The van der Waals surface area contributed by atoms with Gasteiger partial charge in [0.2, 0.25) is 0 Å². The molecule has 0 aliphatic rings. The lowest BCUT2D eigenvalue weighted by atomic mass is 10.1. The third-order valence-electron chi connectivity index (χ3n) is 5.18. The van der Waals surface area contributed by atoms with Crippen LogP contribution in [0.3, 0.4) is 0 Å². The van der Waals surface area contributed by atoms with E-state index in [1.807, 2.05) is 37.3 Å². The second kappa shape index (κ2) is 10.7. The highest BCUT2D eigenvalue weighted by molar-refractivity contribution is 5.87. The van der Waals surface area contributed by atoms with Gasteiger partial charge in [-0.3, -0.25) is 14.3 Å². The number of hydrogen-bond acceptors (Lipinski definition) is 5. The minimum absolute atomic E-state index is 0.0911. The Morgan fingerprint density at radius 3 is 2.59 bits per heavy atom. The van der Waals surface area contributed by atoms with E-state index in [0.29, 0.717) is 36.0 Å². The first kappa shape index (κ1) is 23.2. The number of rotatable bonds is 10. The standard InChI is InChI=1S/C24H30N4O4/c1-4-5-14-28-22-21(23(30)26-24(28)31)27(15-13-17(2)3)19(25-22)16-32-20(29)12-11-18-9-7-6-8-10-18/h6-12,17H,4-5,13-16H2,1-3H3,(H,26,30,31). The van der Waals surface area contributed by atoms with Gasteiger partial charge in [0.15, 0.2) is 11.2 Å². The Bertz CT molecular complexity index is 1200. The van der Waals surface area contributed by atoms with Crippen molar-refractivity contribution < 1.29 is 9.53 Å². The average molecular weight is 439 g/mol. The summed E-state index contributed by atoms with van der Waals surface area (Å²) in [6, 6.07) is 9.45. The highest BCUT2D eigenvalue weighted by Crippen LogP contribution is 2.16. The van der Waals surface area contributed by atoms with Crippen molar-refractivity contribution in [1.82, 2.24) is 19.1 Å². The molecular formula is C24H30N4O4. The maximum absolute atomic E-state index is 12.7. The van der Waals surface area contributed by atoms with Crippen LogP contribution in [0.5, 0.6) is 0 Å². The van der Waals surface area contributed by atoms with Crippen LogP contribution < -0.4 is 11.2 Å². The molecule has 0 amide bonds. The number of carbonyl (C=O) groups is 1. The van der Waals surface area contributed by atoms with Crippen molar-refractivity contribution in [2.45, 2.75) is 59.7 Å². The molecule has 0 aliphatic carbocycles. The molecule has 0 saturated carbocycles. The van der Waals surface area contributed by atoms with Gasteiger partial charge >= 0.3 is 11.7 Å². The van der Waals surface area contributed by atoms with Crippen molar-refractivity contribution in [1.29, 1.82) is 0 Å². The van der Waals surface area contributed by atoms with Gasteiger partial charge in [-0.25, -0.2) is 14.6 Å². The first-order valence-electron chi connectivity index (χ1n) is 11.0. The van der Waals surface area contributed by atoms with Gasteiger partial charge in [0.25, 0.3) is 5.56 Å². The first-order chi connectivity index (χ1) is 15.4. The first-order valence-corrected chi connectivity index (χ1v) is 11.0. The average Bonchev–Trinajstić information content (AvgIpc) is 3.14. The van der Waals surface area contributed by atoms with Gasteiger partial charge in [0.1, 0.15) is 12.4 Å². The Kier molecular flexibility index (Phi) is 7.81. The quantitative estimate of drug-likeness (QED) is 0.386. The molecular weight excluding hydrogens is 408 g/mol. The van der Waals surface area contributed by atoms with Gasteiger partial charge in [0.05, 0.1) is 0 Å². The molecule has 8 nitrogen and oxygen atoms in total. The number of aromatic amines is 1. The van der Waals surface area contributed by atoms with E-state index in [9.17, 15) is 14.4 Å². The summed E-state index contributed by atoms with van der Waals surface area (Å²) in [7, 11) is 0. The van der Waals surface area contributed by atoms with Crippen LogP contribution in [0.25, 0.3) is 17.2 Å². The van der Waals surface area contributed by atoms with Crippen LogP contribution in [0.15, 0.2) is 46.0 Å². The van der Waals surface area contributed by atoms with Crippen LogP contribution in [0.2, 0.25) is 0 Å². The molecule has 0 unspecified atom stereocenters. The molecule has 170 valence electrons. The van der Waals surface area contributed by atoms with E-state index in [1.165, 1.54) is 10.6 Å². The van der Waals surface area contributed by atoms with Crippen molar-refractivity contribution in [3.05, 3.63) is 68.6 Å². The topological polar surface area (TPSA) is 99.0 Å². The Labute approximate surface area is 186 Å². The largest absolute Gasteiger partial charge is 0.454 e. The molecule has 0 atom stereocenters. The summed E-state index contributed by atoms with van der Waals surface area (Å²) in [5.74, 6) is 0.346. The van der Waals surface area contributed by atoms with E-state index in [1.54, 1.807) is 10.6 Å². The van der Waals surface area contributed by atoms with Crippen LogP contribution >= 0.6 is 0 Å². The number of esters is 1. The number of hydrogen-bond donors (Lipinski definition) is 1. The minimum atomic E-state index is -0.506. The van der Waals surface area contributed by atoms with Crippen molar-refractivity contribution in [3.63, 3.8) is 0 Å². The summed E-state index contributed by atoms with van der Waals surface area (Å²) in [4.78, 5) is 44.3. The molecule has 2 aromatic heterocycles. The van der Waals surface area contributed by atoms with E-state index >= 15 is 0 Å². The van der Waals surface area contributed by atoms with Gasteiger partial charge < -0.3 is 9.30 Å². The second-order valence-electron chi connectivity index (χ2n) is 8.15. The fraction of sp³-hybridized carbons (Fsp3) is 0.417. The van der Waals surface area contributed by atoms with Crippen molar-refractivity contribution in [2.24, 2.45) is 5.92 Å². The van der Waals surface area contributed by atoms with E-state index < -0.39 is 17.2 Å². The number of unbranched alkanes of at least 4 members (excludes halogenated alkanes) is 1. The highest BCUT2D eigenvalue weighted by atomic mass is 16.5. The molecule has 0 fully saturated rings. The number of H-pyrrole nitrogens is 1. The van der Waals surface area contributed by atoms with Crippen molar-refractivity contribution in [2.75, 3.05) is 0 Å². The summed E-state index contributed by atoms with van der Waals surface area (Å²) in [5.41, 5.74) is 0.614. The monoisotopic (exact) mass is 438 g/mol. The van der Waals surface area contributed by atoms with Crippen molar-refractivity contribution >= 4 is 23.2 Å². The Morgan fingerprint density at radius 2 is 1.91 bits per heavy atom. The fourth-order valence-electron chi connectivity index (χ4n) is 3.39. The molecule has 3 rings (SSSR count). The fourth-order valence-corrected chi connectivity index (χ4v) is 3.39.